The number of hydrogen-bond donors (Lipinski definition) is 6. The second-order valence-corrected chi connectivity index (χ2v) is 6.40. The van der Waals surface area contributed by atoms with Gasteiger partial charge in [-0.3, -0.25) is 4.79 Å². The summed E-state index contributed by atoms with van der Waals surface area (Å²) in [5.74, 6) is -1.88. The van der Waals surface area contributed by atoms with E-state index < -0.39 is 42.6 Å². The number of amides is 1. The van der Waals surface area contributed by atoms with Crippen molar-refractivity contribution in [3.05, 3.63) is 29.3 Å². The third-order valence-electron chi connectivity index (χ3n) is 4.41. The summed E-state index contributed by atoms with van der Waals surface area (Å²) < 4.78 is 10.7. The van der Waals surface area contributed by atoms with E-state index in [1.54, 1.807) is 19.2 Å². The molecule has 0 bridgehead atoms. The Bertz CT molecular complexity index is 698. The number of carboxylic acids is 1. The van der Waals surface area contributed by atoms with Crippen molar-refractivity contribution in [2.24, 2.45) is 0 Å². The summed E-state index contributed by atoms with van der Waals surface area (Å²) in [5, 5.41) is 44.5. The van der Waals surface area contributed by atoms with E-state index in [2.05, 4.69) is 10.6 Å². The Kier molecular flexibility index (Phi) is 7.72. The summed E-state index contributed by atoms with van der Waals surface area (Å²) in [6.07, 6.45) is -8.02. The number of likely N-dealkylation sites (N-methyl/N-ethyl adjacent to an activating group) is 1. The van der Waals surface area contributed by atoms with Crippen LogP contribution in [0, 0.1) is 0 Å². The van der Waals surface area contributed by atoms with Crippen LogP contribution < -0.4 is 15.4 Å². The van der Waals surface area contributed by atoms with Gasteiger partial charge in [0.05, 0.1) is 5.56 Å². The second-order valence-electron chi connectivity index (χ2n) is 6.40. The first kappa shape index (κ1) is 22.1. The highest BCUT2D eigenvalue weighted by atomic mass is 16.7. The molecular formula is C18H26N2O8. The van der Waals surface area contributed by atoms with Crippen molar-refractivity contribution in [2.75, 3.05) is 20.1 Å². The lowest BCUT2D eigenvalue weighted by atomic mass is 9.99. The van der Waals surface area contributed by atoms with Crippen LogP contribution in [0.2, 0.25) is 0 Å². The number of carboxylic acid groups (broad SMARTS) is 1. The second kappa shape index (κ2) is 9.80. The molecule has 2 rings (SSSR count). The third kappa shape index (κ3) is 4.97. The lowest BCUT2D eigenvalue weighted by Gasteiger charge is -2.38. The maximum atomic E-state index is 12.5. The van der Waals surface area contributed by atoms with Gasteiger partial charge in [0.25, 0.3) is 5.91 Å². The molecule has 1 aromatic rings. The van der Waals surface area contributed by atoms with Crippen LogP contribution in [0.15, 0.2) is 18.2 Å². The molecule has 0 radical (unpaired) electrons. The summed E-state index contributed by atoms with van der Waals surface area (Å²) in [4.78, 5) is 23.7. The summed E-state index contributed by atoms with van der Waals surface area (Å²) in [6, 6.07) is 4.85. The SMILES string of the molecule is CCc1ccc(O[C@@H]2O[C@H](C(=O)O)[C@@H](O)[C@H](O)[C@H]2O)c(C(=O)NCCNC)c1. The smallest absolute Gasteiger partial charge is 0.335 e. The minimum Gasteiger partial charge on any atom is -0.479 e. The minimum absolute atomic E-state index is 0.0518. The van der Waals surface area contributed by atoms with Crippen LogP contribution in [-0.2, 0) is 16.0 Å². The number of aliphatic carboxylic acids is 1. The van der Waals surface area contributed by atoms with Gasteiger partial charge in [0.2, 0.25) is 6.29 Å². The van der Waals surface area contributed by atoms with Gasteiger partial charge in [-0.15, -0.1) is 0 Å². The number of aliphatic hydroxyl groups excluding tert-OH is 3. The highest BCUT2D eigenvalue weighted by Crippen LogP contribution is 2.27. The number of aryl methyl sites for hydroxylation is 1. The van der Waals surface area contributed by atoms with Crippen molar-refractivity contribution in [1.82, 2.24) is 10.6 Å². The van der Waals surface area contributed by atoms with E-state index in [1.165, 1.54) is 6.07 Å². The van der Waals surface area contributed by atoms with E-state index in [0.717, 1.165) is 5.56 Å². The number of nitrogens with one attached hydrogen (secondary N) is 2. The predicted octanol–water partition coefficient (Wildman–Crippen LogP) is -1.53. The monoisotopic (exact) mass is 398 g/mol. The van der Waals surface area contributed by atoms with Crippen LogP contribution in [0.3, 0.4) is 0 Å². The first-order valence-electron chi connectivity index (χ1n) is 8.95. The Morgan fingerprint density at radius 2 is 1.86 bits per heavy atom. The molecule has 1 aliphatic heterocycles. The molecule has 10 nitrogen and oxygen atoms in total. The topological polar surface area (TPSA) is 158 Å². The van der Waals surface area contributed by atoms with Crippen LogP contribution in [0.25, 0.3) is 0 Å². The molecule has 1 amide bonds. The molecule has 0 unspecified atom stereocenters. The molecule has 1 saturated heterocycles. The Hall–Kier alpha value is -2.24. The van der Waals surface area contributed by atoms with Crippen molar-refractivity contribution in [2.45, 2.75) is 44.1 Å². The Morgan fingerprint density at radius 1 is 1.14 bits per heavy atom. The van der Waals surface area contributed by atoms with Gasteiger partial charge in [-0.2, -0.15) is 0 Å². The molecular weight excluding hydrogens is 372 g/mol. The first-order chi connectivity index (χ1) is 13.3. The number of carbonyl (C=O) groups excluding carboxylic acids is 1. The average Bonchev–Trinajstić information content (AvgIpc) is 2.68. The van der Waals surface area contributed by atoms with Crippen LogP contribution in [-0.4, -0.2) is 83.1 Å². The van der Waals surface area contributed by atoms with E-state index in [4.69, 9.17) is 14.6 Å². The lowest BCUT2D eigenvalue weighted by molar-refractivity contribution is -0.271. The van der Waals surface area contributed by atoms with Crippen LogP contribution in [0.1, 0.15) is 22.8 Å². The molecule has 0 aromatic heterocycles. The number of hydrogen-bond acceptors (Lipinski definition) is 8. The van der Waals surface area contributed by atoms with E-state index in [9.17, 15) is 24.9 Å². The zero-order chi connectivity index (χ0) is 20.8. The molecule has 0 saturated carbocycles. The Morgan fingerprint density at radius 3 is 2.46 bits per heavy atom. The zero-order valence-electron chi connectivity index (χ0n) is 15.7. The summed E-state index contributed by atoms with van der Waals surface area (Å²) >= 11 is 0. The maximum absolute atomic E-state index is 12.5. The lowest BCUT2D eigenvalue weighted by Crippen LogP contribution is -2.61. The molecule has 1 fully saturated rings. The van der Waals surface area contributed by atoms with Crippen molar-refractivity contribution in [3.63, 3.8) is 0 Å². The molecule has 5 atom stereocenters. The third-order valence-corrected chi connectivity index (χ3v) is 4.41. The van der Waals surface area contributed by atoms with Gasteiger partial charge >= 0.3 is 5.97 Å². The van der Waals surface area contributed by atoms with Crippen LogP contribution in [0.4, 0.5) is 0 Å². The van der Waals surface area contributed by atoms with Gasteiger partial charge in [0, 0.05) is 13.1 Å². The number of aliphatic hydroxyl groups is 3. The van der Waals surface area contributed by atoms with Crippen molar-refractivity contribution in [3.8, 4) is 5.75 Å². The van der Waals surface area contributed by atoms with Crippen LogP contribution in [0.5, 0.6) is 5.75 Å². The van der Waals surface area contributed by atoms with Crippen molar-refractivity contribution < 1.29 is 39.5 Å². The minimum atomic E-state index is -1.82. The maximum Gasteiger partial charge on any atom is 0.335 e. The molecule has 0 spiro atoms. The summed E-state index contributed by atoms with van der Waals surface area (Å²) in [6.45, 7) is 2.85. The predicted molar refractivity (Wildman–Crippen MR) is 97.0 cm³/mol. The summed E-state index contributed by atoms with van der Waals surface area (Å²) in [7, 11) is 1.75. The van der Waals surface area contributed by atoms with Gasteiger partial charge in [0.15, 0.2) is 6.10 Å². The molecule has 1 aromatic carbocycles. The average molecular weight is 398 g/mol. The summed E-state index contributed by atoms with van der Waals surface area (Å²) in [5.41, 5.74) is 1.05. The Balaban J connectivity index is 2.26. The van der Waals surface area contributed by atoms with E-state index >= 15 is 0 Å². The zero-order valence-corrected chi connectivity index (χ0v) is 15.7. The fourth-order valence-corrected chi connectivity index (χ4v) is 2.75. The fourth-order valence-electron chi connectivity index (χ4n) is 2.75. The van der Waals surface area contributed by atoms with Gasteiger partial charge in [-0.1, -0.05) is 13.0 Å². The molecule has 10 heteroatoms. The number of benzene rings is 1. The number of rotatable bonds is 8. The number of ether oxygens (including phenoxy) is 2. The largest absolute Gasteiger partial charge is 0.479 e. The molecule has 6 N–H and O–H groups in total. The highest BCUT2D eigenvalue weighted by Gasteiger charge is 2.48. The standard InChI is InChI=1S/C18H26N2O8/c1-3-9-4-5-11(10(8-9)16(24)20-7-6-19-2)27-18-14(23)12(21)13(22)15(28-18)17(25)26/h4-5,8,12-15,18-19,21-23H,3,6-7H2,1-2H3,(H,20,24)(H,25,26)/t12-,13-,14+,15-,18+/m0/s1. The Labute approximate surface area is 162 Å². The number of carbonyl (C=O) groups is 2. The molecule has 28 heavy (non-hydrogen) atoms. The van der Waals surface area contributed by atoms with Gasteiger partial charge in [-0.25, -0.2) is 4.79 Å². The van der Waals surface area contributed by atoms with Crippen molar-refractivity contribution in [1.29, 1.82) is 0 Å². The van der Waals surface area contributed by atoms with E-state index in [0.29, 0.717) is 19.5 Å². The quantitative estimate of drug-likeness (QED) is 0.286. The molecule has 1 heterocycles. The molecule has 0 aliphatic carbocycles. The van der Waals surface area contributed by atoms with Gasteiger partial charge < -0.3 is 40.5 Å². The van der Waals surface area contributed by atoms with E-state index in [1.807, 2.05) is 6.92 Å². The van der Waals surface area contributed by atoms with E-state index in [-0.39, 0.29) is 11.3 Å². The van der Waals surface area contributed by atoms with Crippen molar-refractivity contribution >= 4 is 11.9 Å². The van der Waals surface area contributed by atoms with Gasteiger partial charge in [0.1, 0.15) is 24.1 Å². The fraction of sp³-hybridized carbons (Fsp3) is 0.556. The van der Waals surface area contributed by atoms with Crippen LogP contribution >= 0.6 is 0 Å². The molecule has 1 aliphatic rings. The van der Waals surface area contributed by atoms with Gasteiger partial charge in [-0.05, 0) is 31.2 Å². The highest BCUT2D eigenvalue weighted by molar-refractivity contribution is 5.97. The normalized spacial score (nSPS) is 27.2. The first-order valence-corrected chi connectivity index (χ1v) is 8.95. The molecule has 156 valence electrons.